The Kier molecular flexibility index (Phi) is 9.39. The van der Waals surface area contributed by atoms with Gasteiger partial charge in [-0.05, 0) is 34.9 Å². The fourth-order valence-electron chi connectivity index (χ4n) is 4.66. The Bertz CT molecular complexity index is 1530. The van der Waals surface area contributed by atoms with Gasteiger partial charge in [0.1, 0.15) is 0 Å². The predicted molar refractivity (Wildman–Crippen MR) is 156 cm³/mol. The van der Waals surface area contributed by atoms with Gasteiger partial charge in [-0.15, -0.1) is 0 Å². The molecule has 1 aliphatic heterocycles. The van der Waals surface area contributed by atoms with Gasteiger partial charge in [-0.1, -0.05) is 85.4 Å². The van der Waals surface area contributed by atoms with Crippen LogP contribution in [0.3, 0.4) is 0 Å². The zero-order valence-electron chi connectivity index (χ0n) is 22.5. The topological polar surface area (TPSA) is 112 Å². The molecule has 1 aliphatic rings. The Morgan fingerprint density at radius 3 is 2.22 bits per heavy atom. The molecule has 1 saturated heterocycles. The van der Waals surface area contributed by atoms with E-state index in [-0.39, 0.29) is 36.2 Å². The van der Waals surface area contributed by atoms with Gasteiger partial charge in [0, 0.05) is 35.9 Å². The Hall–Kier alpha value is -3.25. The summed E-state index contributed by atoms with van der Waals surface area (Å²) in [5.41, 5.74) is 3.39. The quantitative estimate of drug-likeness (QED) is 0.153. The van der Waals surface area contributed by atoms with Crippen molar-refractivity contribution in [2.24, 2.45) is 5.92 Å². The molecule has 0 amide bonds. The molecular formula is C31H32N2O6S2. The first-order valence-electron chi connectivity index (χ1n) is 13.3. The third kappa shape index (κ3) is 7.16. The van der Waals surface area contributed by atoms with E-state index in [9.17, 15) is 18.7 Å². The molecule has 8 nitrogen and oxygen atoms in total. The number of ether oxygens (including phenoxy) is 2. The summed E-state index contributed by atoms with van der Waals surface area (Å²) in [7, 11) is -3.62. The molecule has 4 atom stereocenters. The van der Waals surface area contributed by atoms with Crippen LogP contribution in [0.25, 0.3) is 0 Å². The van der Waals surface area contributed by atoms with E-state index in [1.807, 2.05) is 54.6 Å². The van der Waals surface area contributed by atoms with Crippen molar-refractivity contribution in [3.05, 3.63) is 131 Å². The van der Waals surface area contributed by atoms with Gasteiger partial charge < -0.3 is 19.8 Å². The van der Waals surface area contributed by atoms with E-state index >= 15 is 0 Å². The largest absolute Gasteiger partial charge is 0.618 e. The van der Waals surface area contributed by atoms with Crippen molar-refractivity contribution in [1.82, 2.24) is 4.72 Å². The van der Waals surface area contributed by atoms with Crippen LogP contribution in [0.4, 0.5) is 0 Å². The number of sulfonamides is 1. The maximum atomic E-state index is 12.6. The minimum atomic E-state index is -3.62. The van der Waals surface area contributed by atoms with Crippen molar-refractivity contribution in [3.63, 3.8) is 0 Å². The highest BCUT2D eigenvalue weighted by Crippen LogP contribution is 2.42. The molecule has 0 saturated carbocycles. The maximum Gasteiger partial charge on any atom is 0.251 e. The highest BCUT2D eigenvalue weighted by Gasteiger charge is 2.38. The first kappa shape index (κ1) is 29.2. The first-order chi connectivity index (χ1) is 19.8. The molecule has 0 radical (unpaired) electrons. The van der Waals surface area contributed by atoms with Crippen LogP contribution < -0.4 is 9.45 Å². The molecular weight excluding hydrogens is 560 g/mol. The highest BCUT2D eigenvalue weighted by molar-refractivity contribution is 7.99. The second-order valence-electron chi connectivity index (χ2n) is 9.88. The number of nitrogens with one attached hydrogen (secondary N) is 1. The third-order valence-corrected chi connectivity index (χ3v) is 9.60. The minimum absolute atomic E-state index is 0.0193. The van der Waals surface area contributed by atoms with Crippen molar-refractivity contribution in [1.29, 1.82) is 0 Å². The number of aromatic nitrogens is 1. The van der Waals surface area contributed by atoms with E-state index in [4.69, 9.17) is 9.47 Å². The molecule has 0 spiro atoms. The lowest BCUT2D eigenvalue weighted by Gasteiger charge is -2.41. The summed E-state index contributed by atoms with van der Waals surface area (Å²) in [6, 6.07) is 28.7. The Labute approximate surface area is 244 Å². The van der Waals surface area contributed by atoms with Gasteiger partial charge in [0.2, 0.25) is 10.0 Å². The summed E-state index contributed by atoms with van der Waals surface area (Å²) < 4.78 is 41.6. The Balaban J connectivity index is 1.33. The number of aliphatic hydroxyl groups excluding tert-OH is 1. The summed E-state index contributed by atoms with van der Waals surface area (Å²) in [5, 5.41) is 22.3. The molecule has 41 heavy (non-hydrogen) atoms. The molecule has 214 valence electrons. The predicted octanol–water partition coefficient (Wildman–Crippen LogP) is 4.87. The van der Waals surface area contributed by atoms with Crippen molar-refractivity contribution in [2.45, 2.75) is 48.5 Å². The number of pyridine rings is 1. The summed E-state index contributed by atoms with van der Waals surface area (Å²) >= 11 is 1.44. The van der Waals surface area contributed by atoms with E-state index in [0.717, 1.165) is 27.0 Å². The van der Waals surface area contributed by atoms with Crippen molar-refractivity contribution >= 4 is 21.8 Å². The van der Waals surface area contributed by atoms with E-state index in [0.29, 0.717) is 10.8 Å². The average molecular weight is 593 g/mol. The Morgan fingerprint density at radius 2 is 1.54 bits per heavy atom. The van der Waals surface area contributed by atoms with Crippen LogP contribution >= 0.6 is 11.8 Å². The standard InChI is InChI=1S/C31H32N2O6S2/c1-22-28(21-40-29-9-5-6-18-33(29)35)38-31(39-30(22)25-14-12-24(20-34)13-15-25)26-16-10-23(11-17-26)19-32-41(36,37)27-7-3-2-4-8-27/h2-18,22,28,30-32,34H,19-21H2,1H3/t22-,28+,30+,31?/m0/s1. The third-order valence-electron chi connectivity index (χ3n) is 7.08. The van der Waals surface area contributed by atoms with Crippen LogP contribution in [0, 0.1) is 11.1 Å². The number of hydrogen-bond donors (Lipinski definition) is 2. The van der Waals surface area contributed by atoms with E-state index in [1.165, 1.54) is 18.0 Å². The molecule has 1 aromatic heterocycles. The number of benzene rings is 3. The van der Waals surface area contributed by atoms with Crippen LogP contribution in [0.2, 0.25) is 0 Å². The van der Waals surface area contributed by atoms with Crippen LogP contribution in [0.1, 0.15) is 41.6 Å². The molecule has 1 unspecified atom stereocenters. The normalized spacial score (nSPS) is 21.0. The molecule has 1 fully saturated rings. The van der Waals surface area contributed by atoms with Crippen molar-refractivity contribution in [2.75, 3.05) is 5.75 Å². The van der Waals surface area contributed by atoms with Gasteiger partial charge in [-0.25, -0.2) is 13.1 Å². The maximum absolute atomic E-state index is 12.6. The lowest BCUT2D eigenvalue weighted by Crippen LogP contribution is -2.39. The van der Waals surface area contributed by atoms with Crippen LogP contribution in [-0.2, 0) is 32.6 Å². The van der Waals surface area contributed by atoms with Crippen LogP contribution in [0.15, 0.2) is 113 Å². The second kappa shape index (κ2) is 13.2. The van der Waals surface area contributed by atoms with Gasteiger partial charge in [-0.3, -0.25) is 0 Å². The molecule has 3 aromatic carbocycles. The fourth-order valence-corrected chi connectivity index (χ4v) is 6.77. The van der Waals surface area contributed by atoms with E-state index in [1.54, 1.807) is 42.5 Å². The summed E-state index contributed by atoms with van der Waals surface area (Å²) in [6.45, 7) is 2.18. The van der Waals surface area contributed by atoms with Crippen molar-refractivity contribution in [3.8, 4) is 0 Å². The van der Waals surface area contributed by atoms with Crippen LogP contribution in [-0.4, -0.2) is 25.4 Å². The van der Waals surface area contributed by atoms with Gasteiger partial charge >= 0.3 is 0 Å². The number of rotatable bonds is 10. The van der Waals surface area contributed by atoms with E-state index in [2.05, 4.69) is 11.6 Å². The van der Waals surface area contributed by atoms with Crippen molar-refractivity contribution < 1.29 is 27.7 Å². The number of thioether (sulfide) groups is 1. The average Bonchev–Trinajstić information content (AvgIpc) is 3.01. The minimum Gasteiger partial charge on any atom is -0.618 e. The molecule has 2 N–H and O–H groups in total. The number of hydrogen-bond acceptors (Lipinski definition) is 7. The lowest BCUT2D eigenvalue weighted by molar-refractivity contribution is -0.645. The van der Waals surface area contributed by atoms with Gasteiger partial charge in [0.05, 0.1) is 23.7 Å². The fraction of sp³-hybridized carbons (Fsp3) is 0.258. The van der Waals surface area contributed by atoms with Crippen LogP contribution in [0.5, 0.6) is 0 Å². The van der Waals surface area contributed by atoms with Gasteiger partial charge in [-0.2, -0.15) is 4.73 Å². The smallest absolute Gasteiger partial charge is 0.251 e. The summed E-state index contributed by atoms with van der Waals surface area (Å²) in [5.74, 6) is 0.534. The Morgan fingerprint density at radius 1 is 0.878 bits per heavy atom. The number of aliphatic hydroxyl groups is 1. The van der Waals surface area contributed by atoms with Gasteiger partial charge in [0.25, 0.3) is 5.03 Å². The molecule has 2 heterocycles. The first-order valence-corrected chi connectivity index (χ1v) is 15.8. The lowest BCUT2D eigenvalue weighted by atomic mass is 9.91. The molecule has 5 rings (SSSR count). The molecule has 0 aliphatic carbocycles. The summed E-state index contributed by atoms with van der Waals surface area (Å²) in [6.07, 6.45) is 0.315. The monoisotopic (exact) mass is 592 g/mol. The number of nitrogens with zero attached hydrogens (tertiary/aromatic N) is 1. The molecule has 4 aromatic rings. The summed E-state index contributed by atoms with van der Waals surface area (Å²) in [4.78, 5) is 0.217. The highest BCUT2D eigenvalue weighted by atomic mass is 32.2. The second-order valence-corrected chi connectivity index (χ2v) is 12.7. The molecule has 0 bridgehead atoms. The zero-order chi connectivity index (χ0) is 28.8. The SMILES string of the molecule is C[C@H]1[C@@H](CSc2cccc[n+]2[O-])OC(c2ccc(CNS(=O)(=O)c3ccccc3)cc2)O[C@H]1c1ccc(CO)cc1. The zero-order valence-corrected chi connectivity index (χ0v) is 24.1. The molecule has 10 heteroatoms. The van der Waals surface area contributed by atoms with E-state index < -0.39 is 16.3 Å². The van der Waals surface area contributed by atoms with Gasteiger partial charge in [0.15, 0.2) is 12.5 Å².